The van der Waals surface area contributed by atoms with E-state index >= 15 is 0 Å². The quantitative estimate of drug-likeness (QED) is 0.178. The number of halogens is 6. The van der Waals surface area contributed by atoms with Crippen LogP contribution < -0.4 is 0 Å². The molecule has 1 aromatic heterocycles. The van der Waals surface area contributed by atoms with Crippen molar-refractivity contribution in [1.82, 2.24) is 19.7 Å². The Hall–Kier alpha value is -2.17. The number of hydrogen-bond donors (Lipinski definition) is 0. The van der Waals surface area contributed by atoms with Crippen LogP contribution in [0, 0.1) is 12.8 Å². The molecule has 1 aromatic rings. The third kappa shape index (κ3) is 5.46. The Kier molecular flexibility index (Phi) is 6.92. The molecule has 1 saturated carbocycles. The lowest BCUT2D eigenvalue weighted by Crippen LogP contribution is -2.39. The van der Waals surface area contributed by atoms with Crippen LogP contribution >= 0.6 is 11.6 Å². The lowest BCUT2D eigenvalue weighted by molar-refractivity contribution is -0.222. The number of aromatic nitrogens is 3. The molecular formula is C17H21ClF5N5O. The molecular weight excluding hydrogens is 421 g/mol. The van der Waals surface area contributed by atoms with Crippen LogP contribution in [0.25, 0.3) is 0 Å². The highest BCUT2D eigenvalue weighted by Crippen LogP contribution is 2.43. The van der Waals surface area contributed by atoms with Crippen molar-refractivity contribution in [3.8, 4) is 0 Å². The average molecular weight is 442 g/mol. The summed E-state index contributed by atoms with van der Waals surface area (Å²) >= 11 is 5.13. The third-order valence-electron chi connectivity index (χ3n) is 4.39. The van der Waals surface area contributed by atoms with E-state index in [-0.39, 0.29) is 18.3 Å². The number of likely N-dealkylation sites (N-methyl/N-ethyl adjacent to an activating group) is 1. The van der Waals surface area contributed by atoms with Crippen LogP contribution in [-0.4, -0.2) is 52.3 Å². The van der Waals surface area contributed by atoms with Crippen molar-refractivity contribution in [1.29, 1.82) is 0 Å². The van der Waals surface area contributed by atoms with Crippen LogP contribution in [0.2, 0.25) is 0 Å². The average Bonchev–Trinajstić information content (AvgIpc) is 3.35. The summed E-state index contributed by atoms with van der Waals surface area (Å²) < 4.78 is 74.1. The molecule has 2 atom stereocenters. The highest BCUT2D eigenvalue weighted by atomic mass is 35.5. The number of rotatable bonds is 10. The van der Waals surface area contributed by atoms with Gasteiger partial charge in [-0.1, -0.05) is 12.7 Å². The normalized spacial score (nSPS) is 17.6. The summed E-state index contributed by atoms with van der Waals surface area (Å²) in [5.74, 6) is -1.69. The van der Waals surface area contributed by atoms with Gasteiger partial charge in [-0.3, -0.25) is 9.56 Å². The Balaban J connectivity index is 2.43. The van der Waals surface area contributed by atoms with E-state index in [9.17, 15) is 22.0 Å². The molecule has 0 amide bonds. The molecule has 0 aromatic carbocycles. The number of aliphatic imine (C=N–C) groups is 1. The van der Waals surface area contributed by atoms with Crippen molar-refractivity contribution in [2.45, 2.75) is 43.6 Å². The zero-order chi connectivity index (χ0) is 22.0. The number of hydrogen-bond acceptors (Lipinski definition) is 5. The van der Waals surface area contributed by atoms with Crippen LogP contribution in [0.3, 0.4) is 0 Å². The van der Waals surface area contributed by atoms with Gasteiger partial charge in [0.25, 0.3) is 0 Å². The van der Waals surface area contributed by atoms with Crippen LogP contribution in [0.1, 0.15) is 30.7 Å². The SMILES string of the molecule is C=C/C=C(/OC(C1CC1)C(F)(F)F)N(C)C(CN=C)n1c(C)nnc1C(F)(F)Cl. The second kappa shape index (κ2) is 8.68. The summed E-state index contributed by atoms with van der Waals surface area (Å²) in [5.41, 5.74) is 0. The summed E-state index contributed by atoms with van der Waals surface area (Å²) in [6, 6.07) is 0. The maximum Gasteiger partial charge on any atom is 0.425 e. The van der Waals surface area contributed by atoms with Crippen LogP contribution in [-0.2, 0) is 10.1 Å². The highest BCUT2D eigenvalue weighted by molar-refractivity contribution is 6.21. The summed E-state index contributed by atoms with van der Waals surface area (Å²) in [6.07, 6.45) is -4.45. The van der Waals surface area contributed by atoms with Crippen molar-refractivity contribution < 1.29 is 26.7 Å². The predicted octanol–water partition coefficient (Wildman–Crippen LogP) is 4.39. The molecule has 0 aliphatic heterocycles. The summed E-state index contributed by atoms with van der Waals surface area (Å²) in [5, 5.41) is 3.16. The van der Waals surface area contributed by atoms with Gasteiger partial charge in [-0.2, -0.15) is 22.0 Å². The van der Waals surface area contributed by atoms with Crippen molar-refractivity contribution in [2.75, 3.05) is 13.6 Å². The van der Waals surface area contributed by atoms with Gasteiger partial charge in [0.05, 0.1) is 6.54 Å². The van der Waals surface area contributed by atoms with Crippen molar-refractivity contribution in [2.24, 2.45) is 10.9 Å². The molecule has 6 nitrogen and oxygen atoms in total. The number of alkyl halides is 6. The maximum atomic E-state index is 13.8. The second-order valence-electron chi connectivity index (χ2n) is 6.59. The molecule has 29 heavy (non-hydrogen) atoms. The van der Waals surface area contributed by atoms with E-state index in [1.54, 1.807) is 0 Å². The fourth-order valence-corrected chi connectivity index (χ4v) is 2.99. The Morgan fingerprint density at radius 2 is 2.00 bits per heavy atom. The summed E-state index contributed by atoms with van der Waals surface area (Å²) in [6.45, 7) is 8.06. The monoisotopic (exact) mass is 441 g/mol. The fourth-order valence-electron chi connectivity index (χ4n) is 2.86. The maximum absolute atomic E-state index is 13.8. The zero-order valence-corrected chi connectivity index (χ0v) is 16.6. The minimum atomic E-state index is -4.59. The molecule has 0 N–H and O–H groups in total. The molecule has 1 heterocycles. The number of nitrogens with zero attached hydrogens (tertiary/aromatic N) is 5. The van der Waals surface area contributed by atoms with Gasteiger partial charge in [0, 0.05) is 13.0 Å². The van der Waals surface area contributed by atoms with Gasteiger partial charge in [0.1, 0.15) is 12.0 Å². The first-order valence-corrected chi connectivity index (χ1v) is 8.99. The molecule has 1 aliphatic carbocycles. The Labute approximate surface area is 169 Å². The van der Waals surface area contributed by atoms with E-state index in [0.717, 1.165) is 4.57 Å². The van der Waals surface area contributed by atoms with Gasteiger partial charge in [0.2, 0.25) is 5.82 Å². The number of ether oxygens (including phenoxy) is 1. The minimum Gasteiger partial charge on any atom is -0.466 e. The molecule has 1 aliphatic rings. The highest BCUT2D eigenvalue weighted by Gasteiger charge is 2.51. The Morgan fingerprint density at radius 3 is 2.45 bits per heavy atom. The molecule has 1 fully saturated rings. The van der Waals surface area contributed by atoms with Crippen LogP contribution in [0.5, 0.6) is 0 Å². The van der Waals surface area contributed by atoms with E-state index in [4.69, 9.17) is 16.3 Å². The summed E-state index contributed by atoms with van der Waals surface area (Å²) in [4.78, 5) is 4.93. The van der Waals surface area contributed by atoms with Crippen molar-refractivity contribution >= 4 is 18.3 Å². The smallest absolute Gasteiger partial charge is 0.425 e. The topological polar surface area (TPSA) is 55.5 Å². The van der Waals surface area contributed by atoms with E-state index in [2.05, 4.69) is 28.5 Å². The Bertz CT molecular complexity index is 769. The first-order chi connectivity index (χ1) is 13.4. The van der Waals surface area contributed by atoms with Crippen LogP contribution in [0.4, 0.5) is 22.0 Å². The van der Waals surface area contributed by atoms with Gasteiger partial charge in [-0.25, -0.2) is 0 Å². The van der Waals surface area contributed by atoms with Gasteiger partial charge in [-0.15, -0.1) is 10.2 Å². The lowest BCUT2D eigenvalue weighted by Gasteiger charge is -2.35. The van der Waals surface area contributed by atoms with Gasteiger partial charge in [0.15, 0.2) is 12.0 Å². The van der Waals surface area contributed by atoms with E-state index in [1.807, 2.05) is 0 Å². The number of aryl methyl sites for hydroxylation is 1. The van der Waals surface area contributed by atoms with E-state index in [0.29, 0.717) is 12.8 Å². The minimum absolute atomic E-state index is 0.0633. The molecule has 2 unspecified atom stereocenters. The molecule has 0 bridgehead atoms. The Morgan fingerprint density at radius 1 is 1.38 bits per heavy atom. The zero-order valence-electron chi connectivity index (χ0n) is 15.8. The first kappa shape index (κ1) is 23.1. The van der Waals surface area contributed by atoms with E-state index in [1.165, 1.54) is 31.0 Å². The summed E-state index contributed by atoms with van der Waals surface area (Å²) in [7, 11) is 1.38. The fraction of sp³-hybridized carbons (Fsp3) is 0.588. The van der Waals surface area contributed by atoms with Crippen molar-refractivity contribution in [3.63, 3.8) is 0 Å². The van der Waals surface area contributed by atoms with E-state index < -0.39 is 35.6 Å². The second-order valence-corrected chi connectivity index (χ2v) is 7.07. The molecule has 12 heteroatoms. The van der Waals surface area contributed by atoms with Crippen molar-refractivity contribution in [3.05, 3.63) is 36.3 Å². The molecule has 0 saturated heterocycles. The molecule has 0 radical (unpaired) electrons. The third-order valence-corrected chi connectivity index (χ3v) is 4.55. The standard InChI is InChI=1S/C17H21ClF5N5O/c1-5-6-13(29-14(11-7-8-11)17(21,22)23)27(4)12(9-24-3)28-10(2)25-26-15(28)16(18,19)20/h5-6,11-12,14H,1,3,7-9H2,2,4H3/b13-6+. The molecule has 0 spiro atoms. The lowest BCUT2D eigenvalue weighted by atomic mass is 10.2. The first-order valence-electron chi connectivity index (χ1n) is 8.61. The molecule has 2 rings (SSSR count). The van der Waals surface area contributed by atoms with Crippen LogP contribution in [0.15, 0.2) is 29.6 Å². The van der Waals surface area contributed by atoms with Gasteiger partial charge < -0.3 is 9.64 Å². The predicted molar refractivity (Wildman–Crippen MR) is 97.7 cm³/mol. The number of allylic oxidation sites excluding steroid dienone is 2. The van der Waals surface area contributed by atoms with Gasteiger partial charge >= 0.3 is 11.6 Å². The van der Waals surface area contributed by atoms with Gasteiger partial charge in [-0.05, 0) is 44.2 Å². The molecule has 162 valence electrons. The largest absolute Gasteiger partial charge is 0.466 e.